The molecule has 0 saturated carbocycles. The second kappa shape index (κ2) is 10.2. The van der Waals surface area contributed by atoms with E-state index in [9.17, 15) is 4.79 Å². The lowest BCUT2D eigenvalue weighted by atomic mass is 10.0. The number of nitrogens with zero attached hydrogens (tertiary/aromatic N) is 1. The summed E-state index contributed by atoms with van der Waals surface area (Å²) in [6.07, 6.45) is 2.68. The smallest absolute Gasteiger partial charge is 0.363 e. The molecule has 0 saturated heterocycles. The molecule has 168 valence electrons. The summed E-state index contributed by atoms with van der Waals surface area (Å²) in [6.45, 7) is 6.52. The molecule has 0 spiro atoms. The average molecular weight is 442 g/mol. The zero-order chi connectivity index (χ0) is 23.2. The van der Waals surface area contributed by atoms with Gasteiger partial charge in [-0.3, -0.25) is 0 Å². The first-order valence-corrected chi connectivity index (χ1v) is 11.2. The molecule has 1 aliphatic rings. The molecular weight excluding hydrogens is 414 g/mol. The fourth-order valence-corrected chi connectivity index (χ4v) is 3.41. The van der Waals surface area contributed by atoms with Gasteiger partial charge < -0.3 is 14.2 Å². The third-order valence-corrected chi connectivity index (χ3v) is 5.33. The first kappa shape index (κ1) is 22.3. The number of hydrogen-bond acceptors (Lipinski definition) is 5. The van der Waals surface area contributed by atoms with Crippen molar-refractivity contribution in [2.45, 2.75) is 33.3 Å². The molecule has 5 heteroatoms. The van der Waals surface area contributed by atoms with Crippen LogP contribution in [0.5, 0.6) is 11.5 Å². The van der Waals surface area contributed by atoms with Crippen LogP contribution >= 0.6 is 0 Å². The molecule has 0 radical (unpaired) electrons. The van der Waals surface area contributed by atoms with Gasteiger partial charge in [0.2, 0.25) is 5.90 Å². The van der Waals surface area contributed by atoms with Crippen molar-refractivity contribution in [3.8, 4) is 22.6 Å². The fraction of sp³-hybridized carbons (Fsp3) is 0.214. The molecule has 0 N–H and O–H groups in total. The van der Waals surface area contributed by atoms with E-state index in [1.807, 2.05) is 74.5 Å². The van der Waals surface area contributed by atoms with Crippen LogP contribution in [0.3, 0.4) is 0 Å². The van der Waals surface area contributed by atoms with Crippen LogP contribution in [0.25, 0.3) is 17.2 Å². The molecule has 5 nitrogen and oxygen atoms in total. The van der Waals surface area contributed by atoms with Crippen LogP contribution in [-0.2, 0) is 9.53 Å². The fourth-order valence-electron chi connectivity index (χ4n) is 3.41. The van der Waals surface area contributed by atoms with Gasteiger partial charge in [-0.2, -0.15) is 0 Å². The Morgan fingerprint density at radius 1 is 0.909 bits per heavy atom. The third-order valence-electron chi connectivity index (χ3n) is 5.33. The molecule has 3 aromatic carbocycles. The highest BCUT2D eigenvalue weighted by Gasteiger charge is 2.24. The van der Waals surface area contributed by atoms with E-state index in [-0.39, 0.29) is 11.8 Å². The van der Waals surface area contributed by atoms with Gasteiger partial charge in [-0.05, 0) is 67.3 Å². The first-order chi connectivity index (χ1) is 16.1. The van der Waals surface area contributed by atoms with Crippen molar-refractivity contribution < 1.29 is 19.0 Å². The van der Waals surface area contributed by atoms with Gasteiger partial charge in [0, 0.05) is 5.56 Å². The van der Waals surface area contributed by atoms with Crippen molar-refractivity contribution in [1.82, 2.24) is 0 Å². The highest BCUT2D eigenvalue weighted by molar-refractivity contribution is 6.13. The number of carbonyl (C=O) groups is 1. The average Bonchev–Trinajstić information content (AvgIpc) is 3.21. The molecule has 0 aromatic heterocycles. The number of aliphatic imine (C=N–C) groups is 1. The minimum Gasteiger partial charge on any atom is -0.490 e. The van der Waals surface area contributed by atoms with Crippen molar-refractivity contribution in [2.75, 3.05) is 6.61 Å². The zero-order valence-corrected chi connectivity index (χ0v) is 19.1. The van der Waals surface area contributed by atoms with Gasteiger partial charge in [0.1, 0.15) is 0 Å². The minimum absolute atomic E-state index is 0.0821. The van der Waals surface area contributed by atoms with Crippen LogP contribution in [0.2, 0.25) is 0 Å². The number of esters is 1. The molecule has 33 heavy (non-hydrogen) atoms. The van der Waals surface area contributed by atoms with Gasteiger partial charge in [0.15, 0.2) is 17.2 Å². The maximum atomic E-state index is 12.5. The zero-order valence-electron chi connectivity index (χ0n) is 19.1. The number of benzene rings is 3. The van der Waals surface area contributed by atoms with E-state index in [1.54, 1.807) is 6.08 Å². The van der Waals surface area contributed by atoms with Crippen molar-refractivity contribution >= 4 is 17.9 Å². The molecule has 1 unspecified atom stereocenters. The van der Waals surface area contributed by atoms with E-state index >= 15 is 0 Å². The van der Waals surface area contributed by atoms with Gasteiger partial charge in [-0.1, -0.05) is 55.5 Å². The van der Waals surface area contributed by atoms with Crippen molar-refractivity contribution in [2.24, 2.45) is 4.99 Å². The SMILES string of the molecule is CCOc1cc(/C=C2\N=C(c3ccc(-c4ccccc4)cc3)OC2=O)ccc1OC(C)CC. The maximum absolute atomic E-state index is 12.5. The topological polar surface area (TPSA) is 57.1 Å². The Kier molecular flexibility index (Phi) is 6.89. The van der Waals surface area contributed by atoms with Gasteiger partial charge in [-0.15, -0.1) is 0 Å². The van der Waals surface area contributed by atoms with Crippen molar-refractivity contribution in [3.05, 3.63) is 89.6 Å². The number of carbonyl (C=O) groups excluding carboxylic acids is 1. The molecule has 0 fully saturated rings. The molecule has 3 aromatic rings. The van der Waals surface area contributed by atoms with Crippen molar-refractivity contribution in [3.63, 3.8) is 0 Å². The largest absolute Gasteiger partial charge is 0.490 e. The molecule has 1 atom stereocenters. The molecule has 1 aliphatic heterocycles. The Balaban J connectivity index is 1.57. The van der Waals surface area contributed by atoms with Gasteiger partial charge in [0.05, 0.1) is 12.7 Å². The summed E-state index contributed by atoms with van der Waals surface area (Å²) >= 11 is 0. The summed E-state index contributed by atoms with van der Waals surface area (Å²) in [6, 6.07) is 23.5. The van der Waals surface area contributed by atoms with Crippen LogP contribution in [0.1, 0.15) is 38.3 Å². The van der Waals surface area contributed by atoms with Crippen LogP contribution in [0.15, 0.2) is 83.5 Å². The van der Waals surface area contributed by atoms with Crippen molar-refractivity contribution in [1.29, 1.82) is 0 Å². The predicted molar refractivity (Wildman–Crippen MR) is 130 cm³/mol. The Hall–Kier alpha value is -3.86. The quantitative estimate of drug-likeness (QED) is 0.305. The van der Waals surface area contributed by atoms with E-state index in [1.165, 1.54) is 0 Å². The normalized spacial score (nSPS) is 15.2. The highest BCUT2D eigenvalue weighted by atomic mass is 16.6. The Morgan fingerprint density at radius 3 is 2.30 bits per heavy atom. The summed E-state index contributed by atoms with van der Waals surface area (Å²) in [5.41, 5.74) is 3.99. The summed E-state index contributed by atoms with van der Waals surface area (Å²) in [5.74, 6) is 1.15. The molecule has 4 rings (SSSR count). The van der Waals surface area contributed by atoms with E-state index in [2.05, 4.69) is 24.0 Å². The second-order valence-corrected chi connectivity index (χ2v) is 7.76. The van der Waals surface area contributed by atoms with Crippen LogP contribution < -0.4 is 9.47 Å². The van der Waals surface area contributed by atoms with Crippen LogP contribution in [0.4, 0.5) is 0 Å². The van der Waals surface area contributed by atoms with E-state index in [0.29, 0.717) is 24.0 Å². The third kappa shape index (κ3) is 5.32. The minimum atomic E-state index is -0.477. The first-order valence-electron chi connectivity index (χ1n) is 11.2. The Labute approximate surface area is 194 Å². The summed E-state index contributed by atoms with van der Waals surface area (Å²) in [7, 11) is 0. The molecular formula is C28H27NO4. The van der Waals surface area contributed by atoms with E-state index in [4.69, 9.17) is 14.2 Å². The number of hydrogen-bond donors (Lipinski definition) is 0. The molecule has 1 heterocycles. The second-order valence-electron chi connectivity index (χ2n) is 7.76. The number of ether oxygens (including phenoxy) is 3. The van der Waals surface area contributed by atoms with Crippen LogP contribution in [-0.4, -0.2) is 24.6 Å². The lowest BCUT2D eigenvalue weighted by Crippen LogP contribution is -2.10. The molecule has 0 aliphatic carbocycles. The van der Waals surface area contributed by atoms with Gasteiger partial charge >= 0.3 is 5.97 Å². The lowest BCUT2D eigenvalue weighted by molar-refractivity contribution is -0.129. The Bertz CT molecular complexity index is 1180. The summed E-state index contributed by atoms with van der Waals surface area (Å²) < 4.78 is 17.1. The Morgan fingerprint density at radius 2 is 1.61 bits per heavy atom. The van der Waals surface area contributed by atoms with Gasteiger partial charge in [-0.25, -0.2) is 9.79 Å². The summed E-state index contributed by atoms with van der Waals surface area (Å²) in [5, 5.41) is 0. The molecule has 0 bridgehead atoms. The monoisotopic (exact) mass is 441 g/mol. The van der Waals surface area contributed by atoms with Crippen LogP contribution in [0, 0.1) is 0 Å². The van der Waals surface area contributed by atoms with E-state index in [0.717, 1.165) is 28.7 Å². The molecule has 0 amide bonds. The van der Waals surface area contributed by atoms with E-state index < -0.39 is 5.97 Å². The highest BCUT2D eigenvalue weighted by Crippen LogP contribution is 2.31. The summed E-state index contributed by atoms with van der Waals surface area (Å²) in [4.78, 5) is 16.9. The van der Waals surface area contributed by atoms with Gasteiger partial charge in [0.25, 0.3) is 0 Å². The lowest BCUT2D eigenvalue weighted by Gasteiger charge is -2.16. The number of rotatable bonds is 8. The number of cyclic esters (lactones) is 1. The maximum Gasteiger partial charge on any atom is 0.363 e. The predicted octanol–water partition coefficient (Wildman–Crippen LogP) is 6.27. The standard InChI is InChI=1S/C28H27NO4/c1-4-19(3)32-25-16-11-20(18-26(25)31-5-2)17-24-28(30)33-27(29-24)23-14-12-22(13-15-23)21-9-7-6-8-10-21/h6-19H,4-5H2,1-3H3/b24-17-.